The molecule has 33 heavy (non-hydrogen) atoms. The lowest BCUT2D eigenvalue weighted by atomic mass is 10.2. The molecule has 0 aliphatic heterocycles. The van der Waals surface area contributed by atoms with E-state index in [1.165, 1.54) is 16.8 Å². The Labute approximate surface area is 179 Å². The van der Waals surface area contributed by atoms with Gasteiger partial charge in [0.1, 0.15) is 5.69 Å². The number of aromatic hydroxyl groups is 1. The summed E-state index contributed by atoms with van der Waals surface area (Å²) in [4.78, 5) is 28.5. The number of hydrogen-bond acceptors (Lipinski definition) is 7. The minimum atomic E-state index is -4.70. The van der Waals surface area contributed by atoms with Gasteiger partial charge in [-0.1, -0.05) is 0 Å². The van der Waals surface area contributed by atoms with Crippen molar-refractivity contribution in [2.45, 2.75) is 25.1 Å². The van der Waals surface area contributed by atoms with Gasteiger partial charge in [-0.3, -0.25) is 4.98 Å². The highest BCUT2D eigenvalue weighted by molar-refractivity contribution is 5.56. The SMILES string of the molecule is O=c1[nH]c(O)c(/C=c2/cnn3c(=NC4CC4)nc(Oc4cc(C(F)(F)F)ccc4F)nc23)[nH]1. The lowest BCUT2D eigenvalue weighted by Gasteiger charge is -2.10. The number of imidazole rings is 1. The first-order chi connectivity index (χ1) is 15.7. The van der Waals surface area contributed by atoms with Crippen LogP contribution in [0.3, 0.4) is 0 Å². The summed E-state index contributed by atoms with van der Waals surface area (Å²) in [6.45, 7) is 0. The molecule has 1 aliphatic carbocycles. The third kappa shape index (κ3) is 4.14. The van der Waals surface area contributed by atoms with E-state index in [4.69, 9.17) is 4.74 Å². The van der Waals surface area contributed by atoms with Crippen molar-refractivity contribution in [1.82, 2.24) is 29.5 Å². The van der Waals surface area contributed by atoms with Crippen LogP contribution in [0.4, 0.5) is 17.6 Å². The van der Waals surface area contributed by atoms with E-state index in [1.54, 1.807) is 0 Å². The highest BCUT2D eigenvalue weighted by atomic mass is 19.4. The van der Waals surface area contributed by atoms with Crippen LogP contribution < -0.4 is 21.3 Å². The molecule has 5 rings (SSSR count). The topological polar surface area (TPSA) is 134 Å². The molecule has 1 aliphatic rings. The Morgan fingerprint density at radius 2 is 2.03 bits per heavy atom. The Morgan fingerprint density at radius 1 is 1.24 bits per heavy atom. The van der Waals surface area contributed by atoms with Crippen LogP contribution in [0.15, 0.2) is 34.2 Å². The van der Waals surface area contributed by atoms with Gasteiger partial charge in [-0.25, -0.2) is 14.2 Å². The average molecular weight is 463 g/mol. The van der Waals surface area contributed by atoms with E-state index in [0.29, 0.717) is 23.4 Å². The summed E-state index contributed by atoms with van der Waals surface area (Å²) in [7, 11) is 0. The van der Waals surface area contributed by atoms with Crippen molar-refractivity contribution >= 4 is 11.7 Å². The Kier molecular flexibility index (Phi) is 4.65. The van der Waals surface area contributed by atoms with Crippen molar-refractivity contribution in [2.24, 2.45) is 4.99 Å². The van der Waals surface area contributed by atoms with Crippen molar-refractivity contribution in [3.8, 4) is 17.6 Å². The van der Waals surface area contributed by atoms with Crippen LogP contribution in [0, 0.1) is 5.82 Å². The van der Waals surface area contributed by atoms with E-state index in [0.717, 1.165) is 12.8 Å². The van der Waals surface area contributed by atoms with Gasteiger partial charge in [0.05, 0.1) is 17.8 Å². The molecule has 4 aromatic rings. The van der Waals surface area contributed by atoms with E-state index in [1.807, 2.05) is 0 Å². The zero-order chi connectivity index (χ0) is 23.3. The number of hydrogen-bond donors (Lipinski definition) is 3. The fraction of sp³-hybridized carbons (Fsp3) is 0.211. The molecule has 1 saturated carbocycles. The summed E-state index contributed by atoms with van der Waals surface area (Å²) in [6.07, 6.45) is -0.342. The van der Waals surface area contributed by atoms with Crippen LogP contribution in [-0.4, -0.2) is 40.7 Å². The van der Waals surface area contributed by atoms with Gasteiger partial charge in [-0.2, -0.15) is 32.8 Å². The fourth-order valence-corrected chi connectivity index (χ4v) is 2.96. The summed E-state index contributed by atoms with van der Waals surface area (Å²) < 4.78 is 59.8. The highest BCUT2D eigenvalue weighted by Crippen LogP contribution is 2.33. The highest BCUT2D eigenvalue weighted by Gasteiger charge is 2.31. The summed E-state index contributed by atoms with van der Waals surface area (Å²) in [5.74, 6) is -2.18. The molecule has 0 unspecified atom stereocenters. The molecule has 0 radical (unpaired) electrons. The molecule has 0 bridgehead atoms. The maximum Gasteiger partial charge on any atom is 0.416 e. The Hall–Kier alpha value is -4.23. The minimum Gasteiger partial charge on any atom is -0.493 e. The standard InChI is InChI=1S/C19H13F4N7O3/c20-11-4-1-9(19(21,22)23)6-13(11)33-18-27-14-8(5-12-15(31)28-17(32)26-12)7-24-30(14)16(29-18)25-10-2-3-10/h1,4-7,10,31H,2-3H2,(H2,26,28,32)/b8-5-,25-16?. The number of aromatic nitrogens is 6. The van der Waals surface area contributed by atoms with Gasteiger partial charge in [0, 0.05) is 5.22 Å². The van der Waals surface area contributed by atoms with Crippen LogP contribution in [0.25, 0.3) is 11.7 Å². The van der Waals surface area contributed by atoms with Crippen molar-refractivity contribution < 1.29 is 27.4 Å². The van der Waals surface area contributed by atoms with Crippen LogP contribution >= 0.6 is 0 Å². The molecule has 1 aromatic carbocycles. The third-order valence-electron chi connectivity index (χ3n) is 4.70. The largest absolute Gasteiger partial charge is 0.493 e. The lowest BCUT2D eigenvalue weighted by Crippen LogP contribution is -2.23. The number of H-pyrrole nitrogens is 2. The zero-order valence-electron chi connectivity index (χ0n) is 16.4. The number of aromatic amines is 2. The Morgan fingerprint density at radius 3 is 2.70 bits per heavy atom. The van der Waals surface area contributed by atoms with Crippen molar-refractivity contribution in [2.75, 3.05) is 0 Å². The van der Waals surface area contributed by atoms with Gasteiger partial charge in [0.15, 0.2) is 17.2 Å². The number of nitrogens with zero attached hydrogens (tertiary/aromatic N) is 5. The van der Waals surface area contributed by atoms with Crippen molar-refractivity contribution in [1.29, 1.82) is 0 Å². The quantitative estimate of drug-likeness (QED) is 0.392. The Bertz CT molecular complexity index is 1550. The molecule has 0 saturated heterocycles. The number of fused-ring (bicyclic) bond motifs is 1. The molecule has 0 atom stereocenters. The van der Waals surface area contributed by atoms with Gasteiger partial charge < -0.3 is 14.8 Å². The molecule has 3 N–H and O–H groups in total. The number of nitrogens with one attached hydrogen (secondary N) is 2. The molecule has 0 spiro atoms. The van der Waals surface area contributed by atoms with E-state index in [2.05, 4.69) is 30.0 Å². The molecule has 1 fully saturated rings. The molecule has 170 valence electrons. The Balaban J connectivity index is 1.66. The van der Waals surface area contributed by atoms with Crippen LogP contribution in [0.5, 0.6) is 17.6 Å². The third-order valence-corrected chi connectivity index (χ3v) is 4.70. The van der Waals surface area contributed by atoms with E-state index in [-0.39, 0.29) is 23.0 Å². The smallest absolute Gasteiger partial charge is 0.416 e. The van der Waals surface area contributed by atoms with Gasteiger partial charge in [0.2, 0.25) is 5.88 Å². The molecule has 14 heteroatoms. The van der Waals surface area contributed by atoms with Crippen molar-refractivity contribution in [3.63, 3.8) is 0 Å². The lowest BCUT2D eigenvalue weighted by molar-refractivity contribution is -0.137. The van der Waals surface area contributed by atoms with Crippen LogP contribution in [0.2, 0.25) is 0 Å². The number of ether oxygens (including phenoxy) is 1. The van der Waals surface area contributed by atoms with E-state index < -0.39 is 40.9 Å². The van der Waals surface area contributed by atoms with Crippen LogP contribution in [-0.2, 0) is 6.18 Å². The molecular weight excluding hydrogens is 450 g/mol. The predicted octanol–water partition coefficient (Wildman–Crippen LogP) is 1.41. The molecule has 3 aromatic heterocycles. The minimum absolute atomic E-state index is 0.0112. The maximum absolute atomic E-state index is 14.2. The number of alkyl halides is 3. The summed E-state index contributed by atoms with van der Waals surface area (Å²) in [5, 5.41) is 14.2. The second-order valence-electron chi connectivity index (χ2n) is 7.23. The number of benzene rings is 1. The first-order valence-electron chi connectivity index (χ1n) is 9.54. The second kappa shape index (κ2) is 7.43. The van der Waals surface area contributed by atoms with Gasteiger partial charge >= 0.3 is 17.9 Å². The first kappa shape index (κ1) is 20.7. The predicted molar refractivity (Wildman–Crippen MR) is 103 cm³/mol. The molecule has 0 amide bonds. The number of rotatable bonds is 4. The monoisotopic (exact) mass is 463 g/mol. The van der Waals surface area contributed by atoms with Gasteiger partial charge in [0.25, 0.3) is 5.62 Å². The summed E-state index contributed by atoms with van der Waals surface area (Å²) in [6, 6.07) is 1.26. The van der Waals surface area contributed by atoms with E-state index in [9.17, 15) is 27.5 Å². The normalized spacial score (nSPS) is 15.5. The summed E-state index contributed by atoms with van der Waals surface area (Å²) >= 11 is 0. The maximum atomic E-state index is 14.2. The first-order valence-corrected chi connectivity index (χ1v) is 9.54. The van der Waals surface area contributed by atoms with Gasteiger partial charge in [-0.15, -0.1) is 0 Å². The fourth-order valence-electron chi connectivity index (χ4n) is 2.96. The van der Waals surface area contributed by atoms with Gasteiger partial charge in [-0.05, 0) is 37.1 Å². The zero-order valence-corrected chi connectivity index (χ0v) is 16.4. The molecule has 10 nitrogen and oxygen atoms in total. The molecular formula is C19H13F4N7O3. The van der Waals surface area contributed by atoms with Crippen LogP contribution in [0.1, 0.15) is 24.1 Å². The van der Waals surface area contributed by atoms with E-state index >= 15 is 0 Å². The molecule has 3 heterocycles. The number of halogens is 4. The van der Waals surface area contributed by atoms with Crippen molar-refractivity contribution in [3.05, 3.63) is 62.8 Å². The second-order valence-corrected chi connectivity index (χ2v) is 7.23. The summed E-state index contributed by atoms with van der Waals surface area (Å²) in [5.41, 5.74) is -1.54. The average Bonchev–Trinajstić information content (AvgIpc) is 3.37.